The Morgan fingerprint density at radius 3 is 2.36 bits per heavy atom. The summed E-state index contributed by atoms with van der Waals surface area (Å²) in [4.78, 5) is 8.35. The summed E-state index contributed by atoms with van der Waals surface area (Å²) in [6.07, 6.45) is 0.987. The van der Waals surface area contributed by atoms with Crippen molar-refractivity contribution in [2.24, 2.45) is 0 Å². The van der Waals surface area contributed by atoms with Crippen molar-refractivity contribution in [1.29, 1.82) is 0 Å². The van der Waals surface area contributed by atoms with Crippen LogP contribution < -0.4 is 4.72 Å². The van der Waals surface area contributed by atoms with E-state index in [2.05, 4.69) is 24.9 Å². The molecule has 3 heterocycles. The second kappa shape index (κ2) is 13.0. The zero-order valence-electron chi connectivity index (χ0n) is 21.0. The van der Waals surface area contributed by atoms with Crippen molar-refractivity contribution in [2.75, 3.05) is 52.0 Å². The lowest BCUT2D eigenvalue weighted by atomic mass is 10.2. The smallest absolute Gasteiger partial charge is 0.240 e. The van der Waals surface area contributed by atoms with Crippen LogP contribution in [0.1, 0.15) is 50.7 Å². The molecule has 1 saturated heterocycles. The first-order chi connectivity index (χ1) is 17.2. The molecule has 0 radical (unpaired) electrons. The molecule has 1 N–H and O–H groups in total. The van der Waals surface area contributed by atoms with E-state index in [0.717, 1.165) is 0 Å². The molecule has 0 unspecified atom stereocenters. The summed E-state index contributed by atoms with van der Waals surface area (Å²) < 4.78 is 59.3. The summed E-state index contributed by atoms with van der Waals surface area (Å²) in [6.45, 7) is 6.63. The van der Waals surface area contributed by atoms with Gasteiger partial charge in [0.15, 0.2) is 11.6 Å². The van der Waals surface area contributed by atoms with Crippen LogP contribution in [0.3, 0.4) is 0 Å². The maximum absolute atomic E-state index is 13.6. The lowest BCUT2D eigenvalue weighted by Crippen LogP contribution is -2.36. The van der Waals surface area contributed by atoms with Gasteiger partial charge in [-0.3, -0.25) is 9.29 Å². The number of ether oxygens (including phenoxy) is 5. The maximum Gasteiger partial charge on any atom is 0.240 e. The average molecular weight is 549 g/mol. The maximum atomic E-state index is 13.6. The van der Waals surface area contributed by atoms with Gasteiger partial charge in [0.1, 0.15) is 17.5 Å². The van der Waals surface area contributed by atoms with Crippen LogP contribution in [0.2, 0.25) is 5.02 Å². The first-order valence-electron chi connectivity index (χ1n) is 11.4. The molecule has 1 aliphatic rings. The zero-order chi connectivity index (χ0) is 26.3. The third kappa shape index (κ3) is 7.09. The summed E-state index contributed by atoms with van der Waals surface area (Å²) in [5.74, 6) is 0.582. The van der Waals surface area contributed by atoms with Gasteiger partial charge in [0.2, 0.25) is 16.0 Å². The van der Waals surface area contributed by atoms with E-state index in [1.54, 1.807) is 32.6 Å². The van der Waals surface area contributed by atoms with E-state index in [4.69, 9.17) is 35.3 Å². The third-order valence-electron chi connectivity index (χ3n) is 5.37. The van der Waals surface area contributed by atoms with Gasteiger partial charge in [0.05, 0.1) is 50.2 Å². The quantitative estimate of drug-likeness (QED) is 0.391. The highest BCUT2D eigenvalue weighted by atomic mass is 35.5. The second-order valence-electron chi connectivity index (χ2n) is 8.47. The van der Waals surface area contributed by atoms with Crippen LogP contribution in [0.4, 0.5) is 5.95 Å². The molecule has 3 atom stereocenters. The van der Waals surface area contributed by atoms with Gasteiger partial charge in [-0.1, -0.05) is 11.6 Å². The number of methoxy groups -OCH3 is 2. The molecule has 0 bridgehead atoms. The Kier molecular flexibility index (Phi) is 10.4. The largest absolute Gasteiger partial charge is 0.382 e. The molecule has 36 heavy (non-hydrogen) atoms. The first-order valence-corrected chi connectivity index (χ1v) is 13.4. The minimum absolute atomic E-state index is 0.00885. The van der Waals surface area contributed by atoms with E-state index in [1.165, 1.54) is 19.3 Å². The molecule has 0 aromatic carbocycles. The van der Waals surface area contributed by atoms with Gasteiger partial charge in [-0.15, -0.1) is 10.2 Å². The molecule has 0 saturated carbocycles. The van der Waals surface area contributed by atoms with E-state index in [1.807, 2.05) is 0 Å². The Balaban J connectivity index is 1.97. The number of halogens is 1. The van der Waals surface area contributed by atoms with Crippen LogP contribution in [0.25, 0.3) is 0 Å². The van der Waals surface area contributed by atoms with Crippen molar-refractivity contribution in [3.8, 4) is 0 Å². The molecule has 13 nitrogen and oxygen atoms in total. The van der Waals surface area contributed by atoms with Crippen LogP contribution in [-0.2, 0) is 33.7 Å². The summed E-state index contributed by atoms with van der Waals surface area (Å²) >= 11 is 5.91. The predicted octanol–water partition coefficient (Wildman–Crippen LogP) is 1.94. The predicted molar refractivity (Wildman–Crippen MR) is 130 cm³/mol. The van der Waals surface area contributed by atoms with Crippen molar-refractivity contribution in [3.05, 3.63) is 29.1 Å². The molecule has 1 fully saturated rings. The molecular weight excluding hydrogens is 516 g/mol. The number of hydrogen-bond acceptors (Lipinski definition) is 11. The fourth-order valence-corrected chi connectivity index (χ4v) is 4.89. The molecule has 2 aromatic heterocycles. The Morgan fingerprint density at radius 1 is 1.14 bits per heavy atom. The zero-order valence-corrected chi connectivity index (χ0v) is 22.5. The van der Waals surface area contributed by atoms with Crippen molar-refractivity contribution in [2.45, 2.75) is 50.4 Å². The minimum Gasteiger partial charge on any atom is -0.382 e. The van der Waals surface area contributed by atoms with E-state index in [-0.39, 0.29) is 37.7 Å². The van der Waals surface area contributed by atoms with Gasteiger partial charge in [0.25, 0.3) is 0 Å². The Labute approximate surface area is 215 Å². The molecule has 202 valence electrons. The number of aromatic nitrogens is 5. The Morgan fingerprint density at radius 2 is 1.81 bits per heavy atom. The summed E-state index contributed by atoms with van der Waals surface area (Å²) in [5.41, 5.74) is 0. The van der Waals surface area contributed by atoms with Crippen LogP contribution in [-0.4, -0.2) is 91.8 Å². The number of nitrogens with zero attached hydrogens (tertiary/aromatic N) is 5. The van der Waals surface area contributed by atoms with Gasteiger partial charge in [-0.2, -0.15) is 0 Å². The lowest BCUT2D eigenvalue weighted by Gasteiger charge is -2.28. The van der Waals surface area contributed by atoms with Crippen LogP contribution in [0.5, 0.6) is 0 Å². The van der Waals surface area contributed by atoms with Gasteiger partial charge in [-0.05, 0) is 20.8 Å². The second-order valence-corrected chi connectivity index (χ2v) is 10.9. The van der Waals surface area contributed by atoms with Gasteiger partial charge < -0.3 is 23.7 Å². The number of hydrogen-bond donors (Lipinski definition) is 1. The van der Waals surface area contributed by atoms with Gasteiger partial charge in [0, 0.05) is 26.6 Å². The fourth-order valence-electron chi connectivity index (χ4n) is 3.70. The summed E-state index contributed by atoms with van der Waals surface area (Å²) in [6, 6.07) is -0.439. The Bertz CT molecular complexity index is 1060. The SMILES string of the molecule is COCC(COC)n1c(NS(=O)(=O)[C@@H](C)[C@@H](OC(C)C)c2ncc(Cl)cn2)nnc1[C@H]1COCCO1. The molecular formula is C21H33ClN6O7S. The standard InChI is InChI=1S/C21H33ClN6O7S/c1-13(2)35-18(19-23-8-15(22)9-24-19)14(3)36(29,30)27-21-26-25-20(17-12-33-6-7-34-17)28(21)16(10-31-4)11-32-5/h8-9,13-14,16-18H,6-7,10-12H2,1-5H3,(H,26,27)/t14-,17+,18+/m0/s1. The molecule has 0 spiro atoms. The van der Waals surface area contributed by atoms with Gasteiger partial charge >= 0.3 is 0 Å². The molecule has 15 heteroatoms. The number of sulfonamides is 1. The fraction of sp³-hybridized carbons (Fsp3) is 0.714. The first kappa shape index (κ1) is 28.6. The van der Waals surface area contributed by atoms with Gasteiger partial charge in [-0.25, -0.2) is 18.4 Å². The topological polar surface area (TPSA) is 149 Å². The molecule has 0 amide bonds. The monoisotopic (exact) mass is 548 g/mol. The van der Waals surface area contributed by atoms with Crippen LogP contribution in [0, 0.1) is 0 Å². The third-order valence-corrected chi connectivity index (χ3v) is 7.26. The van der Waals surface area contributed by atoms with Crippen LogP contribution >= 0.6 is 11.6 Å². The van der Waals surface area contributed by atoms with Crippen molar-refractivity contribution in [3.63, 3.8) is 0 Å². The van der Waals surface area contributed by atoms with Crippen LogP contribution in [0.15, 0.2) is 12.4 Å². The number of rotatable bonds is 13. The molecule has 2 aromatic rings. The minimum atomic E-state index is -4.08. The lowest BCUT2D eigenvalue weighted by molar-refractivity contribution is -0.0957. The molecule has 3 rings (SSSR count). The van der Waals surface area contributed by atoms with E-state index in [9.17, 15) is 8.42 Å². The van der Waals surface area contributed by atoms with Crippen molar-refractivity contribution < 1.29 is 32.1 Å². The highest BCUT2D eigenvalue weighted by molar-refractivity contribution is 7.93. The number of nitrogens with one attached hydrogen (secondary N) is 1. The van der Waals surface area contributed by atoms with E-state index in [0.29, 0.717) is 24.1 Å². The highest BCUT2D eigenvalue weighted by Gasteiger charge is 2.37. The van der Waals surface area contributed by atoms with Crippen molar-refractivity contribution >= 4 is 27.6 Å². The summed E-state index contributed by atoms with van der Waals surface area (Å²) in [5, 5.41) is 7.59. The molecule has 0 aliphatic carbocycles. The number of anilines is 1. The Hall–Kier alpha value is -1.94. The van der Waals surface area contributed by atoms with Crippen molar-refractivity contribution in [1.82, 2.24) is 24.7 Å². The normalized spacial score (nSPS) is 18.5. The summed E-state index contributed by atoms with van der Waals surface area (Å²) in [7, 11) is -1.00. The average Bonchev–Trinajstić information content (AvgIpc) is 3.25. The molecule has 1 aliphatic heterocycles. The van der Waals surface area contributed by atoms with E-state index >= 15 is 0 Å². The highest BCUT2D eigenvalue weighted by Crippen LogP contribution is 2.30. The van der Waals surface area contributed by atoms with E-state index < -0.39 is 33.5 Å².